The Kier molecular flexibility index (Phi) is 4.58. The number of hydrogen-bond acceptors (Lipinski definition) is 5. The van der Waals surface area contributed by atoms with Crippen molar-refractivity contribution >= 4 is 0 Å². The average Bonchev–Trinajstić information content (AvgIpc) is 3.16. The van der Waals surface area contributed by atoms with Crippen LogP contribution in [0.25, 0.3) is 11.4 Å². The fraction of sp³-hybridized carbons (Fsp3) is 0.312. The van der Waals surface area contributed by atoms with Gasteiger partial charge in [-0.05, 0) is 19.2 Å². The standard InChI is InChI=1S/C16H16F3N5O/c1-23(8-11-7-20-24(2)9-11)10-14-21-15(22-25-14)12-3-5-13(6-4-12)16(17,18)19/h3-7,9H,8,10H2,1-2H3. The largest absolute Gasteiger partial charge is 0.416 e. The molecule has 0 aliphatic heterocycles. The Hall–Kier alpha value is -2.68. The number of halogens is 3. The predicted octanol–water partition coefficient (Wildman–Crippen LogP) is 3.12. The van der Waals surface area contributed by atoms with Gasteiger partial charge in [0.1, 0.15) is 0 Å². The molecule has 3 rings (SSSR count). The lowest BCUT2D eigenvalue weighted by Gasteiger charge is -2.12. The van der Waals surface area contributed by atoms with E-state index in [-0.39, 0.29) is 5.82 Å². The van der Waals surface area contributed by atoms with Gasteiger partial charge in [0.15, 0.2) is 0 Å². The lowest BCUT2D eigenvalue weighted by molar-refractivity contribution is -0.137. The predicted molar refractivity (Wildman–Crippen MR) is 83.1 cm³/mol. The summed E-state index contributed by atoms with van der Waals surface area (Å²) in [5.74, 6) is 0.653. The van der Waals surface area contributed by atoms with E-state index in [0.29, 0.717) is 24.5 Å². The van der Waals surface area contributed by atoms with Crippen LogP contribution in [0.5, 0.6) is 0 Å². The lowest BCUT2D eigenvalue weighted by atomic mass is 10.1. The Morgan fingerprint density at radius 2 is 1.88 bits per heavy atom. The lowest BCUT2D eigenvalue weighted by Crippen LogP contribution is -2.17. The van der Waals surface area contributed by atoms with Crippen LogP contribution in [0.1, 0.15) is 17.0 Å². The topological polar surface area (TPSA) is 60.0 Å². The van der Waals surface area contributed by atoms with Gasteiger partial charge in [0, 0.05) is 30.9 Å². The van der Waals surface area contributed by atoms with E-state index in [4.69, 9.17) is 4.52 Å². The van der Waals surface area contributed by atoms with Gasteiger partial charge in [-0.3, -0.25) is 9.58 Å². The van der Waals surface area contributed by atoms with Crippen molar-refractivity contribution in [2.24, 2.45) is 7.05 Å². The van der Waals surface area contributed by atoms with Crippen molar-refractivity contribution in [2.75, 3.05) is 7.05 Å². The van der Waals surface area contributed by atoms with Crippen molar-refractivity contribution in [2.45, 2.75) is 19.3 Å². The fourth-order valence-electron chi connectivity index (χ4n) is 2.40. The molecule has 0 saturated carbocycles. The molecule has 0 N–H and O–H groups in total. The molecular formula is C16H16F3N5O. The van der Waals surface area contributed by atoms with Gasteiger partial charge >= 0.3 is 6.18 Å². The quantitative estimate of drug-likeness (QED) is 0.707. The second-order valence-corrected chi connectivity index (χ2v) is 5.78. The van der Waals surface area contributed by atoms with Gasteiger partial charge in [-0.1, -0.05) is 17.3 Å². The van der Waals surface area contributed by atoms with E-state index in [1.54, 1.807) is 10.9 Å². The number of benzene rings is 1. The highest BCUT2D eigenvalue weighted by Gasteiger charge is 2.30. The van der Waals surface area contributed by atoms with Crippen LogP contribution in [0.3, 0.4) is 0 Å². The molecule has 0 saturated heterocycles. The molecule has 0 aliphatic rings. The molecule has 3 aromatic rings. The highest BCUT2D eigenvalue weighted by molar-refractivity contribution is 5.54. The SMILES string of the molecule is CN(Cc1cnn(C)c1)Cc1nc(-c2ccc(C(F)(F)F)cc2)no1. The minimum absolute atomic E-state index is 0.263. The fourth-order valence-corrected chi connectivity index (χ4v) is 2.40. The minimum atomic E-state index is -4.37. The first kappa shape index (κ1) is 17.2. The van der Waals surface area contributed by atoms with Gasteiger partial charge in [0.25, 0.3) is 0 Å². The molecule has 6 nitrogen and oxygen atoms in total. The molecule has 9 heteroatoms. The van der Waals surface area contributed by atoms with E-state index in [0.717, 1.165) is 17.7 Å². The summed E-state index contributed by atoms with van der Waals surface area (Å²) in [7, 11) is 3.74. The van der Waals surface area contributed by atoms with Crippen molar-refractivity contribution in [3.8, 4) is 11.4 Å². The molecular weight excluding hydrogens is 335 g/mol. The minimum Gasteiger partial charge on any atom is -0.338 e. The number of aryl methyl sites for hydroxylation is 1. The van der Waals surface area contributed by atoms with Crippen LogP contribution in [-0.2, 0) is 26.3 Å². The molecule has 0 bridgehead atoms. The monoisotopic (exact) mass is 351 g/mol. The van der Waals surface area contributed by atoms with E-state index >= 15 is 0 Å². The summed E-state index contributed by atoms with van der Waals surface area (Å²) in [5, 5.41) is 7.94. The van der Waals surface area contributed by atoms with Crippen LogP contribution >= 0.6 is 0 Å². The maximum absolute atomic E-state index is 12.6. The van der Waals surface area contributed by atoms with Gasteiger partial charge in [0.2, 0.25) is 11.7 Å². The van der Waals surface area contributed by atoms with Crippen molar-refractivity contribution in [3.05, 3.63) is 53.7 Å². The van der Waals surface area contributed by atoms with Crippen LogP contribution in [0.4, 0.5) is 13.2 Å². The van der Waals surface area contributed by atoms with E-state index in [1.165, 1.54) is 12.1 Å². The van der Waals surface area contributed by atoms with Gasteiger partial charge in [-0.2, -0.15) is 23.3 Å². The van der Waals surface area contributed by atoms with E-state index in [2.05, 4.69) is 15.2 Å². The maximum Gasteiger partial charge on any atom is 0.416 e. The number of alkyl halides is 3. The summed E-state index contributed by atoms with van der Waals surface area (Å²) >= 11 is 0. The van der Waals surface area contributed by atoms with Gasteiger partial charge < -0.3 is 4.52 Å². The molecule has 0 spiro atoms. The summed E-state index contributed by atoms with van der Waals surface area (Å²) in [4.78, 5) is 6.21. The van der Waals surface area contributed by atoms with Crippen LogP contribution in [0.15, 0.2) is 41.2 Å². The maximum atomic E-state index is 12.6. The Morgan fingerprint density at radius 1 is 1.16 bits per heavy atom. The van der Waals surface area contributed by atoms with E-state index in [1.807, 2.05) is 25.2 Å². The number of nitrogens with zero attached hydrogens (tertiary/aromatic N) is 5. The zero-order chi connectivity index (χ0) is 18.0. The van der Waals surface area contributed by atoms with E-state index in [9.17, 15) is 13.2 Å². The normalized spacial score (nSPS) is 12.1. The zero-order valence-corrected chi connectivity index (χ0v) is 13.7. The molecule has 0 unspecified atom stereocenters. The van der Waals surface area contributed by atoms with Crippen molar-refractivity contribution < 1.29 is 17.7 Å². The number of aromatic nitrogens is 4. The van der Waals surface area contributed by atoms with E-state index < -0.39 is 11.7 Å². The smallest absolute Gasteiger partial charge is 0.338 e. The Labute approximate surface area is 141 Å². The third-order valence-corrected chi connectivity index (χ3v) is 3.55. The average molecular weight is 351 g/mol. The molecule has 2 heterocycles. The Balaban J connectivity index is 1.65. The van der Waals surface area contributed by atoms with Crippen molar-refractivity contribution in [3.63, 3.8) is 0 Å². The molecule has 0 radical (unpaired) electrons. The van der Waals surface area contributed by atoms with Crippen molar-refractivity contribution in [1.29, 1.82) is 0 Å². The Bertz CT molecular complexity index is 838. The summed E-state index contributed by atoms with van der Waals surface area (Å²) in [5.41, 5.74) is 0.807. The molecule has 1 aromatic carbocycles. The highest BCUT2D eigenvalue weighted by atomic mass is 19.4. The third-order valence-electron chi connectivity index (χ3n) is 3.55. The second kappa shape index (κ2) is 6.67. The molecule has 132 valence electrons. The molecule has 0 aliphatic carbocycles. The summed E-state index contributed by atoms with van der Waals surface area (Å²) in [6.45, 7) is 1.08. The first-order valence-electron chi connectivity index (χ1n) is 7.47. The summed E-state index contributed by atoms with van der Waals surface area (Å²) in [6, 6.07) is 4.66. The first-order valence-corrected chi connectivity index (χ1v) is 7.47. The second-order valence-electron chi connectivity index (χ2n) is 5.78. The molecule has 0 atom stereocenters. The number of hydrogen-bond donors (Lipinski definition) is 0. The summed E-state index contributed by atoms with van der Waals surface area (Å²) in [6.07, 6.45) is -0.675. The highest BCUT2D eigenvalue weighted by Crippen LogP contribution is 2.30. The van der Waals surface area contributed by atoms with Crippen LogP contribution in [0.2, 0.25) is 0 Å². The Morgan fingerprint density at radius 3 is 2.48 bits per heavy atom. The first-order chi connectivity index (χ1) is 11.8. The molecule has 25 heavy (non-hydrogen) atoms. The van der Waals surface area contributed by atoms with Crippen molar-refractivity contribution in [1.82, 2.24) is 24.8 Å². The number of rotatable bonds is 5. The molecule has 0 fully saturated rings. The third kappa shape index (κ3) is 4.24. The van der Waals surface area contributed by atoms with Crippen LogP contribution in [-0.4, -0.2) is 31.9 Å². The van der Waals surface area contributed by atoms with Gasteiger partial charge in [0.05, 0.1) is 18.3 Å². The molecule has 0 amide bonds. The zero-order valence-electron chi connectivity index (χ0n) is 13.7. The van der Waals surface area contributed by atoms with Gasteiger partial charge in [-0.15, -0.1) is 0 Å². The summed E-state index contributed by atoms with van der Waals surface area (Å²) < 4.78 is 44.7. The molecule has 2 aromatic heterocycles. The van der Waals surface area contributed by atoms with Gasteiger partial charge in [-0.25, -0.2) is 0 Å². The van der Waals surface area contributed by atoms with Crippen LogP contribution < -0.4 is 0 Å². The van der Waals surface area contributed by atoms with Crippen LogP contribution in [0, 0.1) is 0 Å².